The van der Waals surface area contributed by atoms with Gasteiger partial charge in [0.05, 0.1) is 13.5 Å². The molecule has 3 heteroatoms. The molecule has 1 aliphatic carbocycles. The third-order valence-corrected chi connectivity index (χ3v) is 5.49. The second-order valence-corrected chi connectivity index (χ2v) is 6.61. The van der Waals surface area contributed by atoms with Crippen LogP contribution in [0, 0.1) is 0 Å². The number of para-hydroxylation sites is 1. The third-order valence-electron chi connectivity index (χ3n) is 5.49. The molecule has 122 valence electrons. The van der Waals surface area contributed by atoms with E-state index in [9.17, 15) is 4.79 Å². The number of esters is 1. The maximum atomic E-state index is 12.0. The predicted octanol–water partition coefficient (Wildman–Crippen LogP) is 4.83. The normalized spacial score (nSPS) is 23.5. The Labute approximate surface area is 137 Å². The number of rotatable bonds is 5. The van der Waals surface area contributed by atoms with Gasteiger partial charge in [-0.25, -0.2) is 0 Å². The first kappa shape index (κ1) is 15.9. The van der Waals surface area contributed by atoms with E-state index in [0.717, 1.165) is 31.2 Å². The fraction of sp³-hybridized carbons (Fsp3) is 0.450. The van der Waals surface area contributed by atoms with E-state index in [0.29, 0.717) is 12.3 Å². The molecule has 2 unspecified atom stereocenters. The zero-order valence-corrected chi connectivity index (χ0v) is 14.0. The molecule has 1 N–H and O–H groups in total. The van der Waals surface area contributed by atoms with Crippen molar-refractivity contribution in [2.45, 2.75) is 50.4 Å². The number of hydrogen-bond donors (Lipinski definition) is 1. The molecule has 2 atom stereocenters. The number of H-pyrrole nitrogens is 1. The van der Waals surface area contributed by atoms with Gasteiger partial charge < -0.3 is 9.72 Å². The highest BCUT2D eigenvalue weighted by atomic mass is 16.5. The number of fused-ring (bicyclic) bond motifs is 3. The molecule has 0 saturated heterocycles. The Morgan fingerprint density at radius 2 is 2.26 bits per heavy atom. The summed E-state index contributed by atoms with van der Waals surface area (Å²) < 4.78 is 4.97. The maximum absolute atomic E-state index is 12.0. The van der Waals surface area contributed by atoms with Crippen LogP contribution in [0.2, 0.25) is 0 Å². The summed E-state index contributed by atoms with van der Waals surface area (Å²) in [7, 11) is 1.47. The van der Waals surface area contributed by atoms with Crippen LogP contribution in [0.3, 0.4) is 0 Å². The van der Waals surface area contributed by atoms with Gasteiger partial charge in [-0.1, -0.05) is 31.2 Å². The number of aromatic amines is 1. The average molecular weight is 311 g/mol. The second kappa shape index (κ2) is 6.23. The van der Waals surface area contributed by atoms with Crippen molar-refractivity contribution in [2.24, 2.45) is 0 Å². The summed E-state index contributed by atoms with van der Waals surface area (Å²) in [5, 5.41) is 1.29. The van der Waals surface area contributed by atoms with Crippen molar-refractivity contribution < 1.29 is 9.53 Å². The summed E-state index contributed by atoms with van der Waals surface area (Å²) in [6.07, 6.45) is 6.47. The van der Waals surface area contributed by atoms with Gasteiger partial charge in [0.15, 0.2) is 0 Å². The number of ether oxygens (including phenoxy) is 1. The molecule has 1 aromatic heterocycles. The smallest absolute Gasteiger partial charge is 0.306 e. The van der Waals surface area contributed by atoms with E-state index in [1.807, 2.05) is 6.08 Å². The Kier molecular flexibility index (Phi) is 4.29. The van der Waals surface area contributed by atoms with E-state index in [-0.39, 0.29) is 11.4 Å². The SMILES string of the molecule is C=CCC1CCC(CC)(CC(=O)OC)c2[nH]c3ccccc3c21. The van der Waals surface area contributed by atoms with Gasteiger partial charge in [-0.05, 0) is 43.2 Å². The van der Waals surface area contributed by atoms with Crippen LogP contribution in [-0.4, -0.2) is 18.1 Å². The summed E-state index contributed by atoms with van der Waals surface area (Å²) in [6.45, 7) is 6.10. The van der Waals surface area contributed by atoms with Crippen LogP contribution in [0.5, 0.6) is 0 Å². The lowest BCUT2D eigenvalue weighted by Crippen LogP contribution is -2.34. The van der Waals surface area contributed by atoms with Crippen molar-refractivity contribution in [3.05, 3.63) is 48.2 Å². The molecule has 0 fully saturated rings. The minimum Gasteiger partial charge on any atom is -0.469 e. The first-order valence-corrected chi connectivity index (χ1v) is 8.44. The molecule has 0 amide bonds. The molecule has 23 heavy (non-hydrogen) atoms. The zero-order valence-electron chi connectivity index (χ0n) is 14.0. The topological polar surface area (TPSA) is 42.1 Å². The zero-order chi connectivity index (χ0) is 16.4. The number of nitrogens with one attached hydrogen (secondary N) is 1. The van der Waals surface area contributed by atoms with E-state index >= 15 is 0 Å². The first-order valence-electron chi connectivity index (χ1n) is 8.44. The number of carbonyl (C=O) groups excluding carboxylic acids is 1. The quantitative estimate of drug-likeness (QED) is 0.634. The number of aromatic nitrogens is 1. The molecule has 0 saturated carbocycles. The van der Waals surface area contributed by atoms with E-state index < -0.39 is 0 Å². The van der Waals surface area contributed by atoms with Crippen LogP contribution in [0.4, 0.5) is 0 Å². The van der Waals surface area contributed by atoms with Crippen LogP contribution in [0.15, 0.2) is 36.9 Å². The molecule has 0 aliphatic heterocycles. The number of carbonyl (C=O) groups is 1. The molecule has 0 spiro atoms. The van der Waals surface area contributed by atoms with Gasteiger partial charge >= 0.3 is 5.97 Å². The molecule has 0 bridgehead atoms. The van der Waals surface area contributed by atoms with Crippen molar-refractivity contribution in [1.82, 2.24) is 4.98 Å². The second-order valence-electron chi connectivity index (χ2n) is 6.61. The van der Waals surface area contributed by atoms with Crippen molar-refractivity contribution in [3.63, 3.8) is 0 Å². The van der Waals surface area contributed by atoms with Gasteiger partial charge in [-0.15, -0.1) is 6.58 Å². The molecule has 0 radical (unpaired) electrons. The van der Waals surface area contributed by atoms with E-state index in [4.69, 9.17) is 4.74 Å². The molecule has 1 aliphatic rings. The summed E-state index contributed by atoms with van der Waals surface area (Å²) in [5.41, 5.74) is 3.65. The van der Waals surface area contributed by atoms with E-state index in [1.165, 1.54) is 23.8 Å². The standard InChI is InChI=1S/C20H25NO2/c1-4-8-14-11-12-20(5-2,13-17(22)23-3)19-18(14)15-9-6-7-10-16(15)21-19/h4,6-7,9-10,14,21H,1,5,8,11-13H2,2-3H3. The largest absolute Gasteiger partial charge is 0.469 e. The lowest BCUT2D eigenvalue weighted by atomic mass is 9.65. The van der Waals surface area contributed by atoms with Gasteiger partial charge in [-0.2, -0.15) is 0 Å². The monoisotopic (exact) mass is 311 g/mol. The van der Waals surface area contributed by atoms with E-state index in [1.54, 1.807) is 0 Å². The summed E-state index contributed by atoms with van der Waals surface area (Å²) in [5.74, 6) is 0.356. The van der Waals surface area contributed by atoms with Crippen molar-refractivity contribution in [3.8, 4) is 0 Å². The summed E-state index contributed by atoms with van der Waals surface area (Å²) in [4.78, 5) is 15.7. The first-order chi connectivity index (χ1) is 11.1. The molecule has 3 rings (SSSR count). The van der Waals surface area contributed by atoms with Gasteiger partial charge in [0.1, 0.15) is 0 Å². The van der Waals surface area contributed by atoms with Crippen LogP contribution in [-0.2, 0) is 14.9 Å². The van der Waals surface area contributed by atoms with Crippen LogP contribution >= 0.6 is 0 Å². The molecule has 3 nitrogen and oxygen atoms in total. The minimum absolute atomic E-state index is 0.126. The number of hydrogen-bond acceptors (Lipinski definition) is 2. The third kappa shape index (κ3) is 2.58. The minimum atomic E-state index is -0.140. The molecular formula is C20H25NO2. The van der Waals surface area contributed by atoms with Crippen molar-refractivity contribution in [2.75, 3.05) is 7.11 Å². The molecule has 1 heterocycles. The number of methoxy groups -OCH3 is 1. The fourth-order valence-electron chi connectivity index (χ4n) is 4.17. The van der Waals surface area contributed by atoms with Crippen LogP contribution in [0.1, 0.15) is 56.2 Å². The molecule has 1 aromatic carbocycles. The Morgan fingerprint density at radius 3 is 2.96 bits per heavy atom. The Balaban J connectivity index is 2.18. The van der Waals surface area contributed by atoms with E-state index in [2.05, 4.69) is 42.8 Å². The maximum Gasteiger partial charge on any atom is 0.306 e. The lowest BCUT2D eigenvalue weighted by Gasteiger charge is -2.39. The Bertz CT molecular complexity index is 730. The van der Waals surface area contributed by atoms with Gasteiger partial charge in [0, 0.05) is 22.0 Å². The highest BCUT2D eigenvalue weighted by molar-refractivity contribution is 5.86. The van der Waals surface area contributed by atoms with Gasteiger partial charge in [0.2, 0.25) is 0 Å². The number of benzene rings is 1. The van der Waals surface area contributed by atoms with Crippen LogP contribution in [0.25, 0.3) is 10.9 Å². The van der Waals surface area contributed by atoms with Crippen LogP contribution < -0.4 is 0 Å². The van der Waals surface area contributed by atoms with Crippen molar-refractivity contribution >= 4 is 16.9 Å². The van der Waals surface area contributed by atoms with Gasteiger partial charge in [0.25, 0.3) is 0 Å². The Morgan fingerprint density at radius 1 is 1.48 bits per heavy atom. The van der Waals surface area contributed by atoms with Crippen molar-refractivity contribution in [1.29, 1.82) is 0 Å². The van der Waals surface area contributed by atoms with Gasteiger partial charge in [-0.3, -0.25) is 4.79 Å². The summed E-state index contributed by atoms with van der Waals surface area (Å²) in [6, 6.07) is 8.45. The predicted molar refractivity (Wildman–Crippen MR) is 93.7 cm³/mol. The number of allylic oxidation sites excluding steroid dienone is 1. The fourth-order valence-corrected chi connectivity index (χ4v) is 4.17. The summed E-state index contributed by atoms with van der Waals surface area (Å²) >= 11 is 0. The Hall–Kier alpha value is -2.03. The highest BCUT2D eigenvalue weighted by Crippen LogP contribution is 2.50. The molecule has 2 aromatic rings. The lowest BCUT2D eigenvalue weighted by molar-refractivity contribution is -0.142. The highest BCUT2D eigenvalue weighted by Gasteiger charge is 2.42. The average Bonchev–Trinajstić information content (AvgIpc) is 2.97. The molecular weight excluding hydrogens is 286 g/mol.